The highest BCUT2D eigenvalue weighted by atomic mass is 35.5. The van der Waals surface area contributed by atoms with E-state index in [1.165, 1.54) is 4.31 Å². The molecule has 0 radical (unpaired) electrons. The predicted molar refractivity (Wildman–Crippen MR) is 69.9 cm³/mol. The Morgan fingerprint density at radius 3 is 2.82 bits per heavy atom. The van der Waals surface area contributed by atoms with Crippen molar-refractivity contribution in [3.63, 3.8) is 0 Å². The first-order chi connectivity index (χ1) is 7.98. The number of nitrogens with two attached hydrogens (primary N) is 1. The fourth-order valence-electron chi connectivity index (χ4n) is 2.08. The van der Waals surface area contributed by atoms with Gasteiger partial charge in [-0.15, -0.1) is 0 Å². The number of rotatable bonds is 2. The topological polar surface area (TPSA) is 63.4 Å². The van der Waals surface area contributed by atoms with Crippen LogP contribution in [0.1, 0.15) is 12.0 Å². The van der Waals surface area contributed by atoms with Crippen molar-refractivity contribution in [3.05, 3.63) is 28.8 Å². The average Bonchev–Trinajstić information content (AvgIpc) is 2.57. The summed E-state index contributed by atoms with van der Waals surface area (Å²) in [6.07, 6.45) is 0.574. The molecule has 0 spiro atoms. The van der Waals surface area contributed by atoms with Gasteiger partial charge in [0.1, 0.15) is 0 Å². The summed E-state index contributed by atoms with van der Waals surface area (Å²) in [5.74, 6) is 0. The van der Waals surface area contributed by atoms with Gasteiger partial charge in [-0.3, -0.25) is 4.31 Å². The summed E-state index contributed by atoms with van der Waals surface area (Å²) in [6, 6.07) is 5.29. The Kier molecular flexibility index (Phi) is 3.34. The first-order valence-corrected chi connectivity index (χ1v) is 7.33. The van der Waals surface area contributed by atoms with Crippen molar-refractivity contribution in [2.24, 2.45) is 5.73 Å². The second-order valence-corrected chi connectivity index (χ2v) is 6.69. The lowest BCUT2D eigenvalue weighted by molar-refractivity contribution is 0.588. The van der Waals surface area contributed by atoms with Gasteiger partial charge in [0.25, 0.3) is 0 Å². The van der Waals surface area contributed by atoms with Crippen molar-refractivity contribution in [2.75, 3.05) is 17.4 Å². The third-order valence-corrected chi connectivity index (χ3v) is 5.83. The van der Waals surface area contributed by atoms with Crippen LogP contribution in [0.3, 0.4) is 0 Å². The van der Waals surface area contributed by atoms with Gasteiger partial charge < -0.3 is 5.73 Å². The zero-order valence-corrected chi connectivity index (χ0v) is 11.1. The molecule has 1 aliphatic heterocycles. The van der Waals surface area contributed by atoms with E-state index >= 15 is 0 Å². The monoisotopic (exact) mass is 274 g/mol. The van der Waals surface area contributed by atoms with Gasteiger partial charge in [-0.25, -0.2) is 8.42 Å². The van der Waals surface area contributed by atoms with Crippen LogP contribution in [-0.4, -0.2) is 26.8 Å². The van der Waals surface area contributed by atoms with Crippen molar-refractivity contribution in [2.45, 2.75) is 18.6 Å². The summed E-state index contributed by atoms with van der Waals surface area (Å²) in [7, 11) is -3.32. The molecule has 0 unspecified atom stereocenters. The third kappa shape index (κ3) is 2.03. The van der Waals surface area contributed by atoms with Crippen LogP contribution in [0.25, 0.3) is 0 Å². The Bertz CT molecular complexity index is 530. The smallest absolute Gasteiger partial charge is 0.239 e. The number of anilines is 1. The number of hydrogen-bond acceptors (Lipinski definition) is 3. The lowest BCUT2D eigenvalue weighted by atomic mass is 10.2. The molecule has 1 fully saturated rings. The average molecular weight is 275 g/mol. The van der Waals surface area contributed by atoms with Crippen LogP contribution >= 0.6 is 11.6 Å². The highest BCUT2D eigenvalue weighted by Gasteiger charge is 2.38. The van der Waals surface area contributed by atoms with Crippen molar-refractivity contribution in [1.82, 2.24) is 0 Å². The van der Waals surface area contributed by atoms with Crippen molar-refractivity contribution in [1.29, 1.82) is 0 Å². The molecule has 0 aromatic heterocycles. The lowest BCUT2D eigenvalue weighted by Gasteiger charge is -2.21. The maximum absolute atomic E-state index is 12.2. The van der Waals surface area contributed by atoms with E-state index in [1.54, 1.807) is 18.2 Å². The van der Waals surface area contributed by atoms with Gasteiger partial charge in [-0.05, 0) is 31.0 Å². The van der Waals surface area contributed by atoms with Gasteiger partial charge in [0.05, 0.1) is 10.9 Å². The Morgan fingerprint density at radius 2 is 2.24 bits per heavy atom. The van der Waals surface area contributed by atoms with E-state index < -0.39 is 15.3 Å². The van der Waals surface area contributed by atoms with E-state index in [-0.39, 0.29) is 6.54 Å². The zero-order valence-electron chi connectivity index (χ0n) is 9.56. The van der Waals surface area contributed by atoms with Crippen LogP contribution in [0.2, 0.25) is 5.02 Å². The number of hydrogen-bond donors (Lipinski definition) is 1. The molecule has 1 saturated heterocycles. The van der Waals surface area contributed by atoms with E-state index in [0.717, 1.165) is 5.56 Å². The quantitative estimate of drug-likeness (QED) is 0.889. The third-order valence-electron chi connectivity index (χ3n) is 3.15. The zero-order chi connectivity index (χ0) is 12.6. The molecule has 1 aliphatic rings. The molecule has 0 bridgehead atoms. The van der Waals surface area contributed by atoms with Crippen molar-refractivity contribution < 1.29 is 8.42 Å². The standard InChI is InChI=1S/C11H15ClN2O2S/c1-8-10(12)3-2-4-11(8)14-6-5-9(7-13)17(14,15)16/h2-4,9H,5-7,13H2,1H3/t9-/m1/s1. The normalized spacial score (nSPS) is 23.0. The van der Waals surface area contributed by atoms with Gasteiger partial charge >= 0.3 is 0 Å². The molecule has 1 aromatic rings. The Balaban J connectivity index is 2.46. The summed E-state index contributed by atoms with van der Waals surface area (Å²) in [5.41, 5.74) is 6.93. The van der Waals surface area contributed by atoms with Gasteiger partial charge in [-0.1, -0.05) is 17.7 Å². The molecule has 1 atom stereocenters. The fourth-order valence-corrected chi connectivity index (χ4v) is 4.09. The van der Waals surface area contributed by atoms with Gasteiger partial charge in [-0.2, -0.15) is 0 Å². The van der Waals surface area contributed by atoms with E-state index in [9.17, 15) is 8.42 Å². The summed E-state index contributed by atoms with van der Waals surface area (Å²) in [6.45, 7) is 2.47. The minimum Gasteiger partial charge on any atom is -0.329 e. The fraction of sp³-hybridized carbons (Fsp3) is 0.455. The predicted octanol–water partition coefficient (Wildman–Crippen LogP) is 1.52. The molecule has 4 nitrogen and oxygen atoms in total. The molecule has 2 N–H and O–H groups in total. The molecule has 2 rings (SSSR count). The Labute approximate surface area is 106 Å². The maximum Gasteiger partial charge on any atom is 0.239 e. The summed E-state index contributed by atoms with van der Waals surface area (Å²) >= 11 is 6.01. The van der Waals surface area contributed by atoms with E-state index in [0.29, 0.717) is 23.7 Å². The molecule has 6 heteroatoms. The van der Waals surface area contributed by atoms with E-state index in [2.05, 4.69) is 0 Å². The van der Waals surface area contributed by atoms with Crippen LogP contribution in [0, 0.1) is 6.92 Å². The highest BCUT2D eigenvalue weighted by molar-refractivity contribution is 7.93. The van der Waals surface area contributed by atoms with Crippen LogP contribution < -0.4 is 10.0 Å². The summed E-state index contributed by atoms with van der Waals surface area (Å²) in [4.78, 5) is 0. The summed E-state index contributed by atoms with van der Waals surface area (Å²) < 4.78 is 25.8. The second kappa shape index (κ2) is 4.48. The van der Waals surface area contributed by atoms with Crippen molar-refractivity contribution in [3.8, 4) is 0 Å². The van der Waals surface area contributed by atoms with E-state index in [4.69, 9.17) is 17.3 Å². The summed E-state index contributed by atoms with van der Waals surface area (Å²) in [5, 5.41) is 0.106. The van der Waals surface area contributed by atoms with Crippen LogP contribution in [-0.2, 0) is 10.0 Å². The van der Waals surface area contributed by atoms with Crippen LogP contribution in [0.15, 0.2) is 18.2 Å². The number of halogens is 1. The molecular formula is C11H15ClN2O2S. The molecule has 17 heavy (non-hydrogen) atoms. The minimum absolute atomic E-state index is 0.165. The molecule has 0 amide bonds. The molecular weight excluding hydrogens is 260 g/mol. The lowest BCUT2D eigenvalue weighted by Crippen LogP contribution is -2.33. The second-order valence-electron chi connectivity index (χ2n) is 4.15. The van der Waals surface area contributed by atoms with Crippen molar-refractivity contribution >= 4 is 27.3 Å². The first-order valence-electron chi connectivity index (χ1n) is 5.45. The molecule has 0 aliphatic carbocycles. The van der Waals surface area contributed by atoms with Gasteiger partial charge in [0, 0.05) is 18.1 Å². The Morgan fingerprint density at radius 1 is 1.53 bits per heavy atom. The number of benzene rings is 1. The van der Waals surface area contributed by atoms with Crippen LogP contribution in [0.5, 0.6) is 0 Å². The number of nitrogens with zero attached hydrogens (tertiary/aromatic N) is 1. The molecule has 0 saturated carbocycles. The number of sulfonamides is 1. The van der Waals surface area contributed by atoms with E-state index in [1.807, 2.05) is 6.92 Å². The van der Waals surface area contributed by atoms with Gasteiger partial charge in [0.15, 0.2) is 0 Å². The largest absolute Gasteiger partial charge is 0.329 e. The van der Waals surface area contributed by atoms with Crippen LogP contribution in [0.4, 0.5) is 5.69 Å². The molecule has 1 heterocycles. The maximum atomic E-state index is 12.2. The SMILES string of the molecule is Cc1c(Cl)cccc1N1CC[C@H](CN)S1(=O)=O. The Hall–Kier alpha value is -0.780. The first kappa shape index (κ1) is 12.7. The van der Waals surface area contributed by atoms with Gasteiger partial charge in [0.2, 0.25) is 10.0 Å². The highest BCUT2D eigenvalue weighted by Crippen LogP contribution is 2.33. The molecule has 94 valence electrons. The minimum atomic E-state index is -3.32. The molecule has 1 aromatic carbocycles.